The molecule has 2 aliphatic heterocycles. The Bertz CT molecular complexity index is 1260. The zero-order valence-corrected chi connectivity index (χ0v) is 21.5. The fourth-order valence-electron chi connectivity index (χ4n) is 4.58. The summed E-state index contributed by atoms with van der Waals surface area (Å²) in [6, 6.07) is 4.97. The molecule has 2 aromatic rings. The van der Waals surface area contributed by atoms with E-state index in [-0.39, 0.29) is 10.9 Å². The van der Waals surface area contributed by atoms with Crippen molar-refractivity contribution in [3.63, 3.8) is 0 Å². The molecule has 0 atom stereocenters. The first kappa shape index (κ1) is 25.2. The molecule has 0 bridgehead atoms. The van der Waals surface area contributed by atoms with Crippen LogP contribution in [0.15, 0.2) is 34.3 Å². The summed E-state index contributed by atoms with van der Waals surface area (Å²) < 4.78 is 35.0. The second kappa shape index (κ2) is 9.27. The molecule has 0 aliphatic carbocycles. The van der Waals surface area contributed by atoms with Crippen molar-refractivity contribution in [1.82, 2.24) is 14.5 Å². The van der Waals surface area contributed by atoms with Crippen LogP contribution in [0.5, 0.6) is 5.75 Å². The number of piperidine rings is 1. The quantitative estimate of drug-likeness (QED) is 0.450. The van der Waals surface area contributed by atoms with Crippen molar-refractivity contribution in [3.05, 3.63) is 30.1 Å². The number of ether oxygens (including phenoxy) is 1. The summed E-state index contributed by atoms with van der Waals surface area (Å²) in [5, 5.41) is -0.545. The number of rotatable bonds is 6. The van der Waals surface area contributed by atoms with Gasteiger partial charge in [-0.3, -0.25) is 14.7 Å². The van der Waals surface area contributed by atoms with E-state index in [2.05, 4.69) is 9.98 Å². The first-order chi connectivity index (χ1) is 16.4. The van der Waals surface area contributed by atoms with E-state index in [1.165, 1.54) is 0 Å². The van der Waals surface area contributed by atoms with Gasteiger partial charge in [-0.05, 0) is 58.7 Å². The van der Waals surface area contributed by atoms with Gasteiger partial charge in [0.15, 0.2) is 9.84 Å². The predicted octanol–water partition coefficient (Wildman–Crippen LogP) is 1.56. The van der Waals surface area contributed by atoms with Crippen LogP contribution in [0.3, 0.4) is 0 Å². The Labute approximate surface area is 206 Å². The molecule has 11 heteroatoms. The second-order valence-electron chi connectivity index (χ2n) is 9.91. The van der Waals surface area contributed by atoms with Crippen LogP contribution >= 0.6 is 0 Å². The maximum Gasteiger partial charge on any atom is 0.237 e. The van der Waals surface area contributed by atoms with Crippen LogP contribution in [0.2, 0.25) is 0 Å². The number of nitrogens with two attached hydrogens (primary N) is 2. The Hall–Kier alpha value is -2.92. The van der Waals surface area contributed by atoms with Crippen molar-refractivity contribution in [2.24, 2.45) is 16.5 Å². The van der Waals surface area contributed by atoms with Gasteiger partial charge >= 0.3 is 0 Å². The summed E-state index contributed by atoms with van der Waals surface area (Å²) in [5.41, 5.74) is 12.0. The van der Waals surface area contributed by atoms with Crippen LogP contribution in [0.1, 0.15) is 46.2 Å². The summed E-state index contributed by atoms with van der Waals surface area (Å²) in [6.45, 7) is 9.37. The molecule has 0 saturated carbocycles. The zero-order valence-electron chi connectivity index (χ0n) is 20.7. The molecule has 1 aromatic carbocycles. The normalized spacial score (nSPS) is 18.0. The molecule has 190 valence electrons. The summed E-state index contributed by atoms with van der Waals surface area (Å²) in [4.78, 5) is 23.0. The topological polar surface area (TPSA) is 146 Å². The Kier molecular flexibility index (Phi) is 6.67. The highest BCUT2D eigenvalue weighted by molar-refractivity contribution is 7.92. The molecule has 3 heterocycles. The lowest BCUT2D eigenvalue weighted by Crippen LogP contribution is -2.56. The number of hydrogen-bond donors (Lipinski definition) is 2. The number of likely N-dealkylation sites (tertiary alicyclic amines) is 1. The molecular formula is C24H34N6O4S. The third-order valence-corrected chi connectivity index (χ3v) is 9.08. The number of benzene rings is 1. The fraction of sp³-hybridized carbons (Fsp3) is 0.542. The highest BCUT2D eigenvalue weighted by Crippen LogP contribution is 2.36. The van der Waals surface area contributed by atoms with Gasteiger partial charge < -0.3 is 20.8 Å². The second-order valence-corrected chi connectivity index (χ2v) is 12.1. The monoisotopic (exact) mass is 502 g/mol. The van der Waals surface area contributed by atoms with Gasteiger partial charge in [0.1, 0.15) is 29.7 Å². The van der Waals surface area contributed by atoms with E-state index in [0.717, 1.165) is 0 Å². The van der Waals surface area contributed by atoms with Crippen LogP contribution in [0, 0.1) is 0 Å². The Morgan fingerprint density at radius 3 is 2.51 bits per heavy atom. The number of fused-ring (bicyclic) bond motifs is 3. The van der Waals surface area contributed by atoms with Gasteiger partial charge in [-0.2, -0.15) is 0 Å². The smallest absolute Gasteiger partial charge is 0.237 e. The van der Waals surface area contributed by atoms with Gasteiger partial charge in [0.2, 0.25) is 5.91 Å². The Morgan fingerprint density at radius 1 is 1.20 bits per heavy atom. The van der Waals surface area contributed by atoms with Crippen molar-refractivity contribution >= 4 is 21.6 Å². The minimum Gasteiger partial charge on any atom is -0.491 e. The minimum atomic E-state index is -3.61. The van der Waals surface area contributed by atoms with Gasteiger partial charge in [0.05, 0.1) is 27.8 Å². The number of amidine groups is 1. The molecule has 4 rings (SSSR count). The molecule has 1 saturated heterocycles. The maximum atomic E-state index is 13.6. The molecule has 1 amide bonds. The van der Waals surface area contributed by atoms with Crippen molar-refractivity contribution in [3.8, 4) is 17.1 Å². The molecule has 1 aromatic heterocycles. The van der Waals surface area contributed by atoms with Crippen molar-refractivity contribution < 1.29 is 17.9 Å². The highest BCUT2D eigenvalue weighted by atomic mass is 32.2. The number of carbonyl (C=O) groups excluding carboxylic acids is 1. The van der Waals surface area contributed by atoms with Crippen LogP contribution in [-0.2, 0) is 21.2 Å². The number of amides is 1. The number of imidazole rings is 1. The number of sulfone groups is 1. The number of aliphatic imine (C=N–C) groups is 1. The van der Waals surface area contributed by atoms with Crippen LogP contribution < -0.4 is 16.2 Å². The highest BCUT2D eigenvalue weighted by Gasteiger charge is 2.39. The number of hydrogen-bond acceptors (Lipinski definition) is 7. The van der Waals surface area contributed by atoms with E-state index < -0.39 is 26.5 Å². The summed E-state index contributed by atoms with van der Waals surface area (Å²) in [6.07, 6.45) is 2.67. The van der Waals surface area contributed by atoms with Crippen molar-refractivity contribution in [1.29, 1.82) is 0 Å². The first-order valence-corrected chi connectivity index (χ1v) is 13.4. The third kappa shape index (κ3) is 4.79. The zero-order chi connectivity index (χ0) is 25.5. The van der Waals surface area contributed by atoms with E-state index in [4.69, 9.17) is 16.2 Å². The van der Waals surface area contributed by atoms with E-state index in [9.17, 15) is 13.2 Å². The number of primary amides is 1. The largest absolute Gasteiger partial charge is 0.491 e. The summed E-state index contributed by atoms with van der Waals surface area (Å²) in [7, 11) is -3.61. The van der Waals surface area contributed by atoms with Crippen molar-refractivity contribution in [2.45, 2.75) is 68.8 Å². The molecule has 0 spiro atoms. The standard InChI is InChI=1S/C24H34N6O4S/c1-15(2)27-21(25)19-14-29-11-12-34-20-6-5-17(13-18(20)22(29)28-19)35(32,33)16-7-9-30(10-8-16)24(3,4)23(26)31/h5-6,13-16H,7-12H2,1-4H3,(H2,25,27)(H2,26,31). The molecule has 0 radical (unpaired) electrons. The van der Waals surface area contributed by atoms with Crippen LogP contribution in [0.4, 0.5) is 0 Å². The fourth-order valence-corrected chi connectivity index (χ4v) is 6.34. The molecular weight excluding hydrogens is 468 g/mol. The summed E-state index contributed by atoms with van der Waals surface area (Å²) >= 11 is 0. The molecule has 4 N–H and O–H groups in total. The molecule has 35 heavy (non-hydrogen) atoms. The number of carbonyl (C=O) groups is 1. The lowest BCUT2D eigenvalue weighted by atomic mass is 9.98. The Morgan fingerprint density at radius 2 is 1.89 bits per heavy atom. The van der Waals surface area contributed by atoms with E-state index in [0.29, 0.717) is 67.7 Å². The Balaban J connectivity index is 1.64. The molecule has 0 unspecified atom stereocenters. The SMILES string of the molecule is CC(C)N=C(N)c1cn2c(n1)-c1cc(S(=O)(=O)C3CCN(C(C)(C)C(N)=O)CC3)ccc1OCC2. The molecule has 2 aliphatic rings. The van der Waals surface area contributed by atoms with E-state index >= 15 is 0 Å². The summed E-state index contributed by atoms with van der Waals surface area (Å²) in [5.74, 6) is 1.11. The average Bonchev–Trinajstić information content (AvgIpc) is 3.15. The molecule has 1 fully saturated rings. The van der Waals surface area contributed by atoms with Gasteiger partial charge in [0, 0.05) is 25.3 Å². The number of aromatic nitrogens is 2. The average molecular weight is 503 g/mol. The first-order valence-electron chi connectivity index (χ1n) is 11.9. The van der Waals surface area contributed by atoms with Crippen LogP contribution in [0.25, 0.3) is 11.4 Å². The van der Waals surface area contributed by atoms with E-state index in [1.807, 2.05) is 29.5 Å². The van der Waals surface area contributed by atoms with Crippen molar-refractivity contribution in [2.75, 3.05) is 19.7 Å². The van der Waals surface area contributed by atoms with E-state index in [1.54, 1.807) is 32.0 Å². The lowest BCUT2D eigenvalue weighted by molar-refractivity contribution is -0.128. The number of nitrogens with zero attached hydrogens (tertiary/aromatic N) is 4. The minimum absolute atomic E-state index is 0.0313. The van der Waals surface area contributed by atoms with Crippen LogP contribution in [-0.4, -0.2) is 71.1 Å². The predicted molar refractivity (Wildman–Crippen MR) is 134 cm³/mol. The third-order valence-electron chi connectivity index (χ3n) is 6.82. The maximum absolute atomic E-state index is 13.6. The van der Waals surface area contributed by atoms with Gasteiger partial charge in [-0.1, -0.05) is 0 Å². The van der Waals surface area contributed by atoms with Gasteiger partial charge in [-0.25, -0.2) is 13.4 Å². The van der Waals surface area contributed by atoms with Gasteiger partial charge in [0.25, 0.3) is 0 Å². The molecule has 10 nitrogen and oxygen atoms in total. The van der Waals surface area contributed by atoms with Gasteiger partial charge in [-0.15, -0.1) is 0 Å². The lowest BCUT2D eigenvalue weighted by Gasteiger charge is -2.40.